The van der Waals surface area contributed by atoms with E-state index in [0.717, 1.165) is 19.3 Å². The zero-order valence-electron chi connectivity index (χ0n) is 11.8. The number of rotatable bonds is 2. The molecule has 0 radical (unpaired) electrons. The summed E-state index contributed by atoms with van der Waals surface area (Å²) in [4.78, 5) is 23.9. The summed E-state index contributed by atoms with van der Waals surface area (Å²) in [5, 5.41) is 5.86. The molecule has 1 aliphatic rings. The number of carbonyl (C=O) groups is 2. The van der Waals surface area contributed by atoms with E-state index in [9.17, 15) is 9.59 Å². The van der Waals surface area contributed by atoms with Crippen LogP contribution in [-0.4, -0.2) is 17.9 Å². The van der Waals surface area contributed by atoms with E-state index in [0.29, 0.717) is 16.0 Å². The number of nitrogens with one attached hydrogen (secondary N) is 2. The average molecular weight is 329 g/mol. The maximum atomic E-state index is 12.0. The van der Waals surface area contributed by atoms with Gasteiger partial charge in [-0.25, -0.2) is 0 Å². The number of amides is 2. The second kappa shape index (κ2) is 7.14. The van der Waals surface area contributed by atoms with Crippen molar-refractivity contribution in [3.63, 3.8) is 0 Å². The van der Waals surface area contributed by atoms with Crippen LogP contribution in [0.1, 0.15) is 32.6 Å². The number of anilines is 1. The maximum Gasteiger partial charge on any atom is 0.313 e. The summed E-state index contributed by atoms with van der Waals surface area (Å²) in [5.41, 5.74) is 0.262. The lowest BCUT2D eigenvalue weighted by Crippen LogP contribution is -2.45. The zero-order chi connectivity index (χ0) is 15.4. The Hall–Kier alpha value is -1.26. The molecule has 1 aromatic carbocycles. The molecular formula is C15H18Cl2N2O2. The molecule has 0 heterocycles. The Morgan fingerprint density at radius 1 is 1.10 bits per heavy atom. The van der Waals surface area contributed by atoms with Gasteiger partial charge < -0.3 is 10.6 Å². The van der Waals surface area contributed by atoms with Crippen molar-refractivity contribution in [3.8, 4) is 0 Å². The van der Waals surface area contributed by atoms with E-state index in [1.165, 1.54) is 6.42 Å². The van der Waals surface area contributed by atoms with Crippen LogP contribution in [0.15, 0.2) is 18.2 Å². The van der Waals surface area contributed by atoms with Gasteiger partial charge in [0.25, 0.3) is 0 Å². The first-order valence-corrected chi connectivity index (χ1v) is 7.80. The van der Waals surface area contributed by atoms with Crippen molar-refractivity contribution in [2.45, 2.75) is 38.6 Å². The number of carbonyl (C=O) groups excluding carboxylic acids is 2. The van der Waals surface area contributed by atoms with Gasteiger partial charge in [0.1, 0.15) is 0 Å². The van der Waals surface area contributed by atoms with Crippen LogP contribution < -0.4 is 10.6 Å². The van der Waals surface area contributed by atoms with Crippen LogP contribution in [0.25, 0.3) is 0 Å². The quantitative estimate of drug-likeness (QED) is 0.814. The molecule has 2 N–H and O–H groups in total. The Bertz CT molecular complexity index is 528. The van der Waals surface area contributed by atoms with Gasteiger partial charge in [-0.15, -0.1) is 0 Å². The van der Waals surface area contributed by atoms with Gasteiger partial charge in [0.2, 0.25) is 0 Å². The highest BCUT2D eigenvalue weighted by Crippen LogP contribution is 2.29. The van der Waals surface area contributed by atoms with E-state index in [4.69, 9.17) is 23.2 Å². The van der Waals surface area contributed by atoms with Crippen LogP contribution in [0.3, 0.4) is 0 Å². The molecule has 4 nitrogen and oxygen atoms in total. The minimum absolute atomic E-state index is 0.0544. The van der Waals surface area contributed by atoms with Crippen molar-refractivity contribution >= 4 is 40.7 Å². The maximum absolute atomic E-state index is 12.0. The summed E-state index contributed by atoms with van der Waals surface area (Å²) in [6.45, 7) is 2.09. The Balaban J connectivity index is 1.98. The smallest absolute Gasteiger partial charge is 0.313 e. The minimum Gasteiger partial charge on any atom is -0.345 e. The van der Waals surface area contributed by atoms with Gasteiger partial charge >= 0.3 is 11.8 Å². The summed E-state index contributed by atoms with van der Waals surface area (Å²) in [5.74, 6) is -1.01. The average Bonchev–Trinajstić information content (AvgIpc) is 2.45. The molecule has 2 amide bonds. The van der Waals surface area contributed by atoms with E-state index < -0.39 is 11.8 Å². The first-order valence-electron chi connectivity index (χ1n) is 7.05. The standard InChI is InChI=1S/C15H18Cl2N2O2/c1-9-5-2-3-8-12(9)18-14(20)15(21)19-13-10(16)6-4-7-11(13)17/h4,6-7,9,12H,2-3,5,8H2,1H3,(H,18,20)(H,19,21). The molecule has 0 aromatic heterocycles. The third-order valence-corrected chi connectivity index (χ3v) is 4.47. The molecule has 114 valence electrons. The lowest BCUT2D eigenvalue weighted by Gasteiger charge is -2.29. The largest absolute Gasteiger partial charge is 0.345 e. The van der Waals surface area contributed by atoms with E-state index in [2.05, 4.69) is 17.6 Å². The summed E-state index contributed by atoms with van der Waals surface area (Å²) < 4.78 is 0. The summed E-state index contributed by atoms with van der Waals surface area (Å²) in [6, 6.07) is 4.93. The fraction of sp³-hybridized carbons (Fsp3) is 0.467. The molecule has 1 aromatic rings. The van der Waals surface area contributed by atoms with Crippen molar-refractivity contribution in [2.75, 3.05) is 5.32 Å². The van der Waals surface area contributed by atoms with Crippen molar-refractivity contribution in [2.24, 2.45) is 5.92 Å². The minimum atomic E-state index is -0.747. The van der Waals surface area contributed by atoms with Gasteiger partial charge in [-0.2, -0.15) is 0 Å². The van der Waals surface area contributed by atoms with E-state index in [1.54, 1.807) is 18.2 Å². The molecule has 0 aliphatic heterocycles. The van der Waals surface area contributed by atoms with Crippen molar-refractivity contribution in [1.82, 2.24) is 5.32 Å². The molecule has 6 heteroatoms. The third-order valence-electron chi connectivity index (χ3n) is 3.84. The Labute approximate surface area is 134 Å². The summed E-state index contributed by atoms with van der Waals surface area (Å²) >= 11 is 11.9. The summed E-state index contributed by atoms with van der Waals surface area (Å²) in [7, 11) is 0. The molecular weight excluding hydrogens is 311 g/mol. The van der Waals surface area contributed by atoms with E-state index in [1.807, 2.05) is 0 Å². The fourth-order valence-corrected chi connectivity index (χ4v) is 3.04. The molecule has 1 fully saturated rings. The van der Waals surface area contributed by atoms with Crippen molar-refractivity contribution in [1.29, 1.82) is 0 Å². The zero-order valence-corrected chi connectivity index (χ0v) is 13.3. The normalized spacial score (nSPS) is 21.7. The Morgan fingerprint density at radius 2 is 1.71 bits per heavy atom. The highest BCUT2D eigenvalue weighted by molar-refractivity contribution is 6.44. The lowest BCUT2D eigenvalue weighted by atomic mass is 9.86. The molecule has 2 atom stereocenters. The van der Waals surface area contributed by atoms with Gasteiger partial charge in [0.05, 0.1) is 15.7 Å². The highest BCUT2D eigenvalue weighted by atomic mass is 35.5. The van der Waals surface area contributed by atoms with Crippen LogP contribution >= 0.6 is 23.2 Å². The predicted molar refractivity (Wildman–Crippen MR) is 84.7 cm³/mol. The Kier molecular flexibility index (Phi) is 5.48. The lowest BCUT2D eigenvalue weighted by molar-refractivity contribution is -0.137. The number of hydrogen-bond donors (Lipinski definition) is 2. The number of para-hydroxylation sites is 1. The van der Waals surface area contributed by atoms with Crippen LogP contribution in [0.2, 0.25) is 10.0 Å². The van der Waals surface area contributed by atoms with Crippen LogP contribution in [0.5, 0.6) is 0 Å². The van der Waals surface area contributed by atoms with Gasteiger partial charge in [-0.05, 0) is 30.9 Å². The SMILES string of the molecule is CC1CCCCC1NC(=O)C(=O)Nc1c(Cl)cccc1Cl. The second-order valence-electron chi connectivity index (χ2n) is 5.39. The van der Waals surface area contributed by atoms with Gasteiger partial charge in [0, 0.05) is 6.04 Å². The van der Waals surface area contributed by atoms with Gasteiger partial charge in [-0.1, -0.05) is 49.0 Å². The van der Waals surface area contributed by atoms with Gasteiger partial charge in [0.15, 0.2) is 0 Å². The van der Waals surface area contributed by atoms with E-state index >= 15 is 0 Å². The summed E-state index contributed by atoms with van der Waals surface area (Å²) in [6.07, 6.45) is 4.23. The third kappa shape index (κ3) is 4.11. The molecule has 1 saturated carbocycles. The number of halogens is 2. The fourth-order valence-electron chi connectivity index (χ4n) is 2.55. The van der Waals surface area contributed by atoms with Crippen molar-refractivity contribution < 1.29 is 9.59 Å². The second-order valence-corrected chi connectivity index (χ2v) is 6.21. The molecule has 21 heavy (non-hydrogen) atoms. The first-order chi connectivity index (χ1) is 9.99. The van der Waals surface area contributed by atoms with Crippen LogP contribution in [0.4, 0.5) is 5.69 Å². The molecule has 0 saturated heterocycles. The molecule has 2 rings (SSSR count). The Morgan fingerprint density at radius 3 is 2.33 bits per heavy atom. The topological polar surface area (TPSA) is 58.2 Å². The predicted octanol–water partition coefficient (Wildman–Crippen LogP) is 3.63. The van der Waals surface area contributed by atoms with Crippen LogP contribution in [0, 0.1) is 5.92 Å². The highest BCUT2D eigenvalue weighted by Gasteiger charge is 2.26. The van der Waals surface area contributed by atoms with E-state index in [-0.39, 0.29) is 11.7 Å². The molecule has 0 spiro atoms. The molecule has 1 aliphatic carbocycles. The number of benzene rings is 1. The number of hydrogen-bond acceptors (Lipinski definition) is 2. The van der Waals surface area contributed by atoms with Gasteiger partial charge in [-0.3, -0.25) is 9.59 Å². The van der Waals surface area contributed by atoms with Crippen molar-refractivity contribution in [3.05, 3.63) is 28.2 Å². The monoisotopic (exact) mass is 328 g/mol. The first kappa shape index (κ1) is 16.1. The molecule has 2 unspecified atom stereocenters. The van der Waals surface area contributed by atoms with Crippen LogP contribution in [-0.2, 0) is 9.59 Å². The molecule has 0 bridgehead atoms.